The first-order valence-corrected chi connectivity index (χ1v) is 7.65. The van der Waals surface area contributed by atoms with E-state index >= 15 is 0 Å². The summed E-state index contributed by atoms with van der Waals surface area (Å²) in [6, 6.07) is 0. The second kappa shape index (κ2) is 6.40. The van der Waals surface area contributed by atoms with E-state index in [1.165, 1.54) is 12.8 Å². The molecule has 108 valence electrons. The maximum absolute atomic E-state index is 12.5. The fourth-order valence-electron chi connectivity index (χ4n) is 3.38. The van der Waals surface area contributed by atoms with E-state index in [0.29, 0.717) is 5.91 Å². The van der Waals surface area contributed by atoms with Crippen LogP contribution in [-0.2, 0) is 4.79 Å². The number of amides is 1. The molecular formula is C15H26N2O2. The van der Waals surface area contributed by atoms with Gasteiger partial charge in [-0.05, 0) is 38.0 Å². The van der Waals surface area contributed by atoms with E-state index in [1.807, 2.05) is 4.90 Å². The van der Waals surface area contributed by atoms with Gasteiger partial charge >= 0.3 is 0 Å². The minimum atomic E-state index is 0.237. The van der Waals surface area contributed by atoms with Gasteiger partial charge in [-0.15, -0.1) is 0 Å². The summed E-state index contributed by atoms with van der Waals surface area (Å²) in [5.41, 5.74) is 0.865. The Bertz CT molecular complexity index is 346. The third-order valence-electron chi connectivity index (χ3n) is 4.85. The summed E-state index contributed by atoms with van der Waals surface area (Å²) in [4.78, 5) is 14.5. The second-order valence-corrected chi connectivity index (χ2v) is 6.19. The van der Waals surface area contributed by atoms with Crippen molar-refractivity contribution in [2.75, 3.05) is 13.1 Å². The zero-order valence-corrected chi connectivity index (χ0v) is 12.1. The number of piperidine rings is 1. The van der Waals surface area contributed by atoms with E-state index in [4.69, 9.17) is 5.21 Å². The molecule has 1 unspecified atom stereocenters. The van der Waals surface area contributed by atoms with Gasteiger partial charge in [-0.1, -0.05) is 19.0 Å². The Morgan fingerprint density at radius 1 is 1.37 bits per heavy atom. The number of nitrogens with zero attached hydrogens (tertiary/aromatic N) is 2. The summed E-state index contributed by atoms with van der Waals surface area (Å²) in [7, 11) is 0. The second-order valence-electron chi connectivity index (χ2n) is 6.19. The number of hydrogen-bond acceptors (Lipinski definition) is 3. The van der Waals surface area contributed by atoms with Gasteiger partial charge in [0, 0.05) is 31.3 Å². The number of carbonyl (C=O) groups is 1. The molecule has 4 nitrogen and oxygen atoms in total. The molecule has 1 saturated carbocycles. The van der Waals surface area contributed by atoms with Gasteiger partial charge in [0.05, 0.1) is 5.71 Å². The van der Waals surface area contributed by atoms with Gasteiger partial charge in [-0.3, -0.25) is 4.79 Å². The quantitative estimate of drug-likeness (QED) is 0.617. The first-order chi connectivity index (χ1) is 9.15. The van der Waals surface area contributed by atoms with Crippen LogP contribution in [-0.4, -0.2) is 34.8 Å². The lowest BCUT2D eigenvalue weighted by Gasteiger charge is -2.36. The molecule has 1 atom stereocenters. The minimum Gasteiger partial charge on any atom is -0.411 e. The highest BCUT2D eigenvalue weighted by molar-refractivity contribution is 5.89. The van der Waals surface area contributed by atoms with Crippen molar-refractivity contribution in [2.45, 2.75) is 52.4 Å². The lowest BCUT2D eigenvalue weighted by molar-refractivity contribution is -0.137. The molecule has 0 bridgehead atoms. The van der Waals surface area contributed by atoms with Crippen molar-refractivity contribution >= 4 is 11.6 Å². The summed E-state index contributed by atoms with van der Waals surface area (Å²) >= 11 is 0. The zero-order valence-electron chi connectivity index (χ0n) is 12.1. The van der Waals surface area contributed by atoms with Crippen molar-refractivity contribution in [3.63, 3.8) is 0 Å². The molecule has 0 aromatic heterocycles. The van der Waals surface area contributed by atoms with E-state index < -0.39 is 0 Å². The monoisotopic (exact) mass is 266 g/mol. The molecule has 4 heteroatoms. The summed E-state index contributed by atoms with van der Waals surface area (Å²) in [5, 5.41) is 12.4. The van der Waals surface area contributed by atoms with Gasteiger partial charge in [0.25, 0.3) is 0 Å². The van der Waals surface area contributed by atoms with Crippen molar-refractivity contribution in [1.82, 2.24) is 4.90 Å². The highest BCUT2D eigenvalue weighted by Gasteiger charge is 2.32. The maximum atomic E-state index is 12.5. The number of hydrogen-bond donors (Lipinski definition) is 1. The third-order valence-corrected chi connectivity index (χ3v) is 4.85. The van der Waals surface area contributed by atoms with Crippen molar-refractivity contribution < 1.29 is 10.0 Å². The summed E-state index contributed by atoms with van der Waals surface area (Å²) in [6.45, 7) is 5.83. The molecule has 19 heavy (non-hydrogen) atoms. The predicted octanol–water partition coefficient (Wildman–Crippen LogP) is 2.90. The normalized spacial score (nSPS) is 34.5. The van der Waals surface area contributed by atoms with Crippen LogP contribution in [0.3, 0.4) is 0 Å². The van der Waals surface area contributed by atoms with Gasteiger partial charge in [-0.25, -0.2) is 0 Å². The number of carbonyl (C=O) groups excluding carboxylic acids is 1. The molecule has 1 N–H and O–H groups in total. The first-order valence-electron chi connectivity index (χ1n) is 7.65. The van der Waals surface area contributed by atoms with E-state index in [-0.39, 0.29) is 11.8 Å². The summed E-state index contributed by atoms with van der Waals surface area (Å²) in [5.74, 6) is 1.59. The highest BCUT2D eigenvalue weighted by atomic mass is 16.4. The third kappa shape index (κ3) is 3.28. The molecule has 0 aromatic carbocycles. The van der Waals surface area contributed by atoms with Crippen LogP contribution in [0.2, 0.25) is 0 Å². The number of likely N-dealkylation sites (tertiary alicyclic amines) is 1. The number of rotatable bonds is 2. The van der Waals surface area contributed by atoms with E-state index in [2.05, 4.69) is 19.0 Å². The molecule has 0 aromatic rings. The summed E-state index contributed by atoms with van der Waals surface area (Å²) < 4.78 is 0. The Balaban J connectivity index is 1.93. The fraction of sp³-hybridized carbons (Fsp3) is 0.867. The van der Waals surface area contributed by atoms with Crippen molar-refractivity contribution in [1.29, 1.82) is 0 Å². The van der Waals surface area contributed by atoms with Crippen molar-refractivity contribution in [3.05, 3.63) is 0 Å². The molecule has 2 rings (SSSR count). The Kier molecular flexibility index (Phi) is 4.83. The largest absolute Gasteiger partial charge is 0.411 e. The van der Waals surface area contributed by atoms with E-state index in [1.54, 1.807) is 0 Å². The average Bonchev–Trinajstić information content (AvgIpc) is 2.46. The van der Waals surface area contributed by atoms with Crippen LogP contribution in [0.1, 0.15) is 52.4 Å². The lowest BCUT2D eigenvalue weighted by Crippen LogP contribution is -2.46. The first kappa shape index (κ1) is 14.4. The van der Waals surface area contributed by atoms with Gasteiger partial charge in [0.1, 0.15) is 0 Å². The van der Waals surface area contributed by atoms with Gasteiger partial charge in [0.15, 0.2) is 0 Å². The number of oxime groups is 1. The molecule has 1 aliphatic heterocycles. The molecule has 0 radical (unpaired) electrons. The molecule has 2 aliphatic rings. The maximum Gasteiger partial charge on any atom is 0.225 e. The van der Waals surface area contributed by atoms with Crippen LogP contribution in [0, 0.1) is 17.8 Å². The predicted molar refractivity (Wildman–Crippen MR) is 75.3 cm³/mol. The van der Waals surface area contributed by atoms with Gasteiger partial charge in [0.2, 0.25) is 5.91 Å². The smallest absolute Gasteiger partial charge is 0.225 e. The minimum absolute atomic E-state index is 0.237. The Hall–Kier alpha value is -1.06. The molecule has 1 amide bonds. The van der Waals surface area contributed by atoms with E-state index in [0.717, 1.165) is 50.4 Å². The summed E-state index contributed by atoms with van der Waals surface area (Å²) in [6.07, 6.45) is 6.13. The van der Waals surface area contributed by atoms with Crippen LogP contribution in [0.5, 0.6) is 0 Å². The standard InChI is InChI=1S/C15H26N2O2/c1-3-12-10-17(9-8-14(12)16-19)15(18)13-6-4-11(2)5-7-13/h11-13,19H,3-10H2,1-2H3. The lowest BCUT2D eigenvalue weighted by atomic mass is 9.81. The van der Waals surface area contributed by atoms with Crippen LogP contribution in [0.25, 0.3) is 0 Å². The molecule has 0 spiro atoms. The highest BCUT2D eigenvalue weighted by Crippen LogP contribution is 2.30. The molecule has 1 saturated heterocycles. The van der Waals surface area contributed by atoms with Crippen LogP contribution in [0.4, 0.5) is 0 Å². The van der Waals surface area contributed by atoms with Gasteiger partial charge in [-0.2, -0.15) is 0 Å². The van der Waals surface area contributed by atoms with Crippen molar-refractivity contribution in [2.24, 2.45) is 22.9 Å². The Morgan fingerprint density at radius 3 is 2.63 bits per heavy atom. The fourth-order valence-corrected chi connectivity index (χ4v) is 3.38. The Morgan fingerprint density at radius 2 is 2.05 bits per heavy atom. The van der Waals surface area contributed by atoms with E-state index in [9.17, 15) is 4.79 Å². The zero-order chi connectivity index (χ0) is 13.8. The van der Waals surface area contributed by atoms with Gasteiger partial charge < -0.3 is 10.1 Å². The molecule has 1 aliphatic carbocycles. The topological polar surface area (TPSA) is 52.9 Å². The Labute approximate surface area is 115 Å². The molecule has 1 heterocycles. The van der Waals surface area contributed by atoms with Crippen LogP contribution in [0.15, 0.2) is 5.16 Å². The SMILES string of the molecule is CCC1CN(C(=O)C2CCC(C)CC2)CCC1=NO. The molecular weight excluding hydrogens is 240 g/mol. The van der Waals surface area contributed by atoms with Crippen molar-refractivity contribution in [3.8, 4) is 0 Å². The molecule has 2 fully saturated rings. The van der Waals surface area contributed by atoms with Crippen LogP contribution < -0.4 is 0 Å². The average molecular weight is 266 g/mol. The van der Waals surface area contributed by atoms with Crippen LogP contribution >= 0.6 is 0 Å².